The first-order valence-electron chi connectivity index (χ1n) is 6.23. The van der Waals surface area contributed by atoms with Crippen molar-refractivity contribution >= 4 is 23.4 Å². The summed E-state index contributed by atoms with van der Waals surface area (Å²) < 4.78 is 17.8. The molecule has 0 saturated heterocycles. The SMILES string of the molecule is COC(=O)CC1(CSCc2cc(F)ccc2N)CC1. The molecular weight excluding hydrogens is 265 g/mol. The average Bonchev–Trinajstić information content (AvgIpc) is 3.13. The van der Waals surface area contributed by atoms with Crippen molar-refractivity contribution in [1.82, 2.24) is 0 Å². The molecule has 1 saturated carbocycles. The Morgan fingerprint density at radius 3 is 2.89 bits per heavy atom. The normalized spacial score (nSPS) is 16.1. The van der Waals surface area contributed by atoms with E-state index in [4.69, 9.17) is 10.5 Å². The summed E-state index contributed by atoms with van der Waals surface area (Å²) in [6.45, 7) is 0. The number of hydrogen-bond acceptors (Lipinski definition) is 4. The number of carbonyl (C=O) groups excluding carboxylic acids is 1. The van der Waals surface area contributed by atoms with Gasteiger partial charge in [-0.25, -0.2) is 4.39 Å². The van der Waals surface area contributed by atoms with E-state index in [0.717, 1.165) is 24.2 Å². The van der Waals surface area contributed by atoms with Gasteiger partial charge in [0.05, 0.1) is 13.5 Å². The third-order valence-corrected chi connectivity index (χ3v) is 4.81. The van der Waals surface area contributed by atoms with Crippen LogP contribution in [0, 0.1) is 11.2 Å². The maximum atomic E-state index is 13.1. The summed E-state index contributed by atoms with van der Waals surface area (Å²) in [5.74, 6) is 1.15. The van der Waals surface area contributed by atoms with Gasteiger partial charge in [0.25, 0.3) is 0 Å². The Kier molecular flexibility index (Phi) is 4.34. The van der Waals surface area contributed by atoms with Crippen molar-refractivity contribution in [1.29, 1.82) is 0 Å². The summed E-state index contributed by atoms with van der Waals surface area (Å²) in [7, 11) is 1.42. The van der Waals surface area contributed by atoms with Gasteiger partial charge in [-0.2, -0.15) is 11.8 Å². The summed E-state index contributed by atoms with van der Waals surface area (Å²) in [5, 5.41) is 0. The van der Waals surface area contributed by atoms with Crippen molar-refractivity contribution in [3.63, 3.8) is 0 Å². The Morgan fingerprint density at radius 1 is 1.53 bits per heavy atom. The van der Waals surface area contributed by atoms with E-state index in [1.54, 1.807) is 17.8 Å². The molecule has 1 aromatic carbocycles. The van der Waals surface area contributed by atoms with Gasteiger partial charge in [-0.15, -0.1) is 0 Å². The molecule has 0 atom stereocenters. The topological polar surface area (TPSA) is 52.3 Å². The summed E-state index contributed by atoms with van der Waals surface area (Å²) >= 11 is 1.70. The minimum atomic E-state index is -0.263. The molecule has 0 bridgehead atoms. The van der Waals surface area contributed by atoms with E-state index in [1.807, 2.05) is 0 Å². The van der Waals surface area contributed by atoms with Crippen LogP contribution < -0.4 is 5.73 Å². The van der Waals surface area contributed by atoms with Gasteiger partial charge in [0.2, 0.25) is 0 Å². The molecule has 1 aliphatic rings. The number of nitrogens with two attached hydrogens (primary N) is 1. The van der Waals surface area contributed by atoms with Crippen LogP contribution in [0.25, 0.3) is 0 Å². The highest BCUT2D eigenvalue weighted by atomic mass is 32.2. The highest BCUT2D eigenvalue weighted by molar-refractivity contribution is 7.98. The lowest BCUT2D eigenvalue weighted by molar-refractivity contribution is -0.141. The second-order valence-corrected chi connectivity index (χ2v) is 6.07. The predicted molar refractivity (Wildman–Crippen MR) is 75.3 cm³/mol. The van der Waals surface area contributed by atoms with E-state index in [0.29, 0.717) is 17.9 Å². The van der Waals surface area contributed by atoms with Gasteiger partial charge in [-0.3, -0.25) is 4.79 Å². The lowest BCUT2D eigenvalue weighted by atomic mass is 10.1. The smallest absolute Gasteiger partial charge is 0.306 e. The van der Waals surface area contributed by atoms with Gasteiger partial charge in [0.15, 0.2) is 0 Å². The third-order valence-electron chi connectivity index (χ3n) is 3.47. The monoisotopic (exact) mass is 283 g/mol. The molecular formula is C14H18FNO2S. The first-order valence-corrected chi connectivity index (χ1v) is 7.39. The van der Waals surface area contributed by atoms with Gasteiger partial charge in [-0.05, 0) is 47.8 Å². The van der Waals surface area contributed by atoms with Crippen LogP contribution in [0.2, 0.25) is 0 Å². The number of methoxy groups -OCH3 is 1. The van der Waals surface area contributed by atoms with E-state index < -0.39 is 0 Å². The molecule has 0 unspecified atom stereocenters. The summed E-state index contributed by atoms with van der Waals surface area (Å²) in [4.78, 5) is 11.3. The molecule has 0 spiro atoms. The molecule has 0 aliphatic heterocycles. The van der Waals surface area contributed by atoms with Crippen molar-refractivity contribution in [3.05, 3.63) is 29.6 Å². The quantitative estimate of drug-likeness (QED) is 0.644. The lowest BCUT2D eigenvalue weighted by Crippen LogP contribution is -2.13. The average molecular weight is 283 g/mol. The minimum Gasteiger partial charge on any atom is -0.469 e. The van der Waals surface area contributed by atoms with Gasteiger partial charge in [0, 0.05) is 11.4 Å². The highest BCUT2D eigenvalue weighted by Gasteiger charge is 2.44. The standard InChI is InChI=1S/C14H18FNO2S/c1-18-13(17)7-14(4-5-14)9-19-8-10-6-11(15)2-3-12(10)16/h2-3,6H,4-5,7-9,16H2,1H3. The Bertz CT molecular complexity index is 475. The molecule has 19 heavy (non-hydrogen) atoms. The molecule has 5 heteroatoms. The van der Waals surface area contributed by atoms with Crippen molar-refractivity contribution < 1.29 is 13.9 Å². The van der Waals surface area contributed by atoms with Gasteiger partial charge >= 0.3 is 5.97 Å². The molecule has 1 fully saturated rings. The Labute approximate surface area is 116 Å². The predicted octanol–water partition coefficient (Wildman–Crippen LogP) is 2.98. The van der Waals surface area contributed by atoms with Crippen LogP contribution in [0.15, 0.2) is 18.2 Å². The van der Waals surface area contributed by atoms with Gasteiger partial charge in [0.1, 0.15) is 5.82 Å². The lowest BCUT2D eigenvalue weighted by Gasteiger charge is -2.13. The zero-order chi connectivity index (χ0) is 13.9. The number of carbonyl (C=O) groups is 1. The van der Waals surface area contributed by atoms with Crippen LogP contribution in [0.4, 0.5) is 10.1 Å². The maximum Gasteiger partial charge on any atom is 0.306 e. The van der Waals surface area contributed by atoms with Crippen molar-refractivity contribution in [2.45, 2.75) is 25.0 Å². The molecule has 2 N–H and O–H groups in total. The Morgan fingerprint density at radius 2 is 2.26 bits per heavy atom. The highest BCUT2D eigenvalue weighted by Crippen LogP contribution is 2.51. The third kappa shape index (κ3) is 3.86. The summed E-state index contributed by atoms with van der Waals surface area (Å²) in [5.41, 5.74) is 7.34. The maximum absolute atomic E-state index is 13.1. The minimum absolute atomic E-state index is 0.0971. The molecule has 0 radical (unpaired) electrons. The molecule has 0 aromatic heterocycles. The van der Waals surface area contributed by atoms with E-state index in [-0.39, 0.29) is 17.2 Å². The molecule has 2 rings (SSSR count). The van der Waals surface area contributed by atoms with E-state index in [1.165, 1.54) is 19.2 Å². The molecule has 1 aliphatic carbocycles. The van der Waals surface area contributed by atoms with Crippen molar-refractivity contribution in [2.75, 3.05) is 18.6 Å². The summed E-state index contributed by atoms with van der Waals surface area (Å²) in [6, 6.07) is 4.43. The Hall–Kier alpha value is -1.23. The van der Waals surface area contributed by atoms with Gasteiger partial charge in [-0.1, -0.05) is 0 Å². The van der Waals surface area contributed by atoms with Crippen LogP contribution in [0.3, 0.4) is 0 Å². The van der Waals surface area contributed by atoms with E-state index in [2.05, 4.69) is 0 Å². The number of thioether (sulfide) groups is 1. The number of rotatable bonds is 6. The second kappa shape index (κ2) is 5.82. The van der Waals surface area contributed by atoms with E-state index >= 15 is 0 Å². The fourth-order valence-electron chi connectivity index (χ4n) is 2.00. The first kappa shape index (κ1) is 14.2. The molecule has 3 nitrogen and oxygen atoms in total. The zero-order valence-corrected chi connectivity index (χ0v) is 11.8. The largest absolute Gasteiger partial charge is 0.469 e. The molecule has 0 amide bonds. The number of esters is 1. The van der Waals surface area contributed by atoms with E-state index in [9.17, 15) is 9.18 Å². The molecule has 104 valence electrons. The molecule has 0 heterocycles. The number of ether oxygens (including phenoxy) is 1. The Balaban J connectivity index is 1.83. The van der Waals surface area contributed by atoms with Crippen LogP contribution >= 0.6 is 11.8 Å². The number of hydrogen-bond donors (Lipinski definition) is 1. The number of nitrogen functional groups attached to an aromatic ring is 1. The van der Waals surface area contributed by atoms with Crippen molar-refractivity contribution in [2.24, 2.45) is 5.41 Å². The first-order chi connectivity index (χ1) is 9.04. The van der Waals surface area contributed by atoms with Crippen LogP contribution in [-0.2, 0) is 15.3 Å². The van der Waals surface area contributed by atoms with Crippen LogP contribution in [0.5, 0.6) is 0 Å². The van der Waals surface area contributed by atoms with Crippen LogP contribution in [-0.4, -0.2) is 18.8 Å². The second-order valence-electron chi connectivity index (χ2n) is 5.09. The summed E-state index contributed by atoms with van der Waals surface area (Å²) in [6.07, 6.45) is 2.61. The zero-order valence-electron chi connectivity index (χ0n) is 10.9. The fraction of sp³-hybridized carbons (Fsp3) is 0.500. The van der Waals surface area contributed by atoms with Crippen molar-refractivity contribution in [3.8, 4) is 0 Å². The van der Waals surface area contributed by atoms with Crippen LogP contribution in [0.1, 0.15) is 24.8 Å². The fourth-order valence-corrected chi connectivity index (χ4v) is 3.40. The molecule has 1 aromatic rings. The number of halogens is 1. The number of anilines is 1. The number of benzene rings is 1. The van der Waals surface area contributed by atoms with Gasteiger partial charge < -0.3 is 10.5 Å².